The highest BCUT2D eigenvalue weighted by Gasteiger charge is 2.06. The first kappa shape index (κ1) is 15.3. The first-order valence-corrected chi connectivity index (χ1v) is 7.44. The highest BCUT2D eigenvalue weighted by molar-refractivity contribution is 6.31. The molecular formula is C16H10Cl2N4O. The Hall–Kier alpha value is -2.55. The number of rotatable bonds is 3. The van der Waals surface area contributed by atoms with Gasteiger partial charge in [-0.2, -0.15) is 5.26 Å². The molecule has 0 atom stereocenters. The summed E-state index contributed by atoms with van der Waals surface area (Å²) < 4.78 is 0. The second-order valence-electron chi connectivity index (χ2n) is 4.86. The molecule has 0 aliphatic heterocycles. The van der Waals surface area contributed by atoms with E-state index in [0.717, 1.165) is 10.9 Å². The smallest absolute Gasteiger partial charge is 0.253 e. The first-order valence-electron chi connectivity index (χ1n) is 6.69. The molecule has 5 nitrogen and oxygen atoms in total. The van der Waals surface area contributed by atoms with Gasteiger partial charge in [-0.15, -0.1) is 0 Å². The van der Waals surface area contributed by atoms with E-state index in [9.17, 15) is 4.79 Å². The van der Waals surface area contributed by atoms with Crippen molar-refractivity contribution in [2.24, 2.45) is 0 Å². The molecule has 0 amide bonds. The Balaban J connectivity index is 1.87. The van der Waals surface area contributed by atoms with Gasteiger partial charge in [0.2, 0.25) is 0 Å². The molecule has 0 unspecified atom stereocenters. The Labute approximate surface area is 141 Å². The summed E-state index contributed by atoms with van der Waals surface area (Å²) in [5, 5.41) is 13.4. The number of hydrogen-bond acceptors (Lipinski definition) is 4. The van der Waals surface area contributed by atoms with Crippen LogP contribution in [0.4, 0.5) is 5.82 Å². The van der Waals surface area contributed by atoms with Gasteiger partial charge in [-0.3, -0.25) is 4.79 Å². The molecule has 0 saturated heterocycles. The normalized spacial score (nSPS) is 10.5. The predicted molar refractivity (Wildman–Crippen MR) is 90.9 cm³/mol. The van der Waals surface area contributed by atoms with Crippen LogP contribution >= 0.6 is 23.2 Å². The van der Waals surface area contributed by atoms with E-state index in [1.807, 2.05) is 6.07 Å². The highest BCUT2D eigenvalue weighted by atomic mass is 35.5. The van der Waals surface area contributed by atoms with Crippen molar-refractivity contribution in [2.75, 3.05) is 5.32 Å². The van der Waals surface area contributed by atoms with E-state index in [-0.39, 0.29) is 17.3 Å². The quantitative estimate of drug-likeness (QED) is 0.709. The second-order valence-corrected chi connectivity index (χ2v) is 5.65. The molecule has 7 heteroatoms. The third kappa shape index (κ3) is 3.29. The molecule has 0 fully saturated rings. The summed E-state index contributed by atoms with van der Waals surface area (Å²) in [6.07, 6.45) is 0. The molecule has 0 aliphatic carbocycles. The summed E-state index contributed by atoms with van der Waals surface area (Å²) in [4.78, 5) is 19.0. The maximum absolute atomic E-state index is 12.1. The average Bonchev–Trinajstić information content (AvgIpc) is 2.53. The zero-order valence-corrected chi connectivity index (χ0v) is 13.2. The lowest BCUT2D eigenvalue weighted by atomic mass is 10.1. The number of nitrogens with one attached hydrogen (secondary N) is 2. The number of fused-ring (bicyclic) bond motifs is 1. The van der Waals surface area contributed by atoms with Gasteiger partial charge in [-0.05, 0) is 36.4 Å². The lowest BCUT2D eigenvalue weighted by molar-refractivity contribution is 1.07. The fourth-order valence-electron chi connectivity index (χ4n) is 2.16. The lowest BCUT2D eigenvalue weighted by Gasteiger charge is -2.07. The minimum Gasteiger partial charge on any atom is -0.366 e. The molecule has 0 bridgehead atoms. The Morgan fingerprint density at radius 1 is 1.22 bits per heavy atom. The van der Waals surface area contributed by atoms with Gasteiger partial charge < -0.3 is 10.3 Å². The minimum atomic E-state index is -0.188. The van der Waals surface area contributed by atoms with Crippen LogP contribution in [0.3, 0.4) is 0 Å². The second kappa shape index (κ2) is 6.29. The van der Waals surface area contributed by atoms with Gasteiger partial charge in [0.1, 0.15) is 17.0 Å². The molecular weight excluding hydrogens is 335 g/mol. The van der Waals surface area contributed by atoms with E-state index in [0.29, 0.717) is 22.0 Å². The molecule has 2 N–H and O–H groups in total. The predicted octanol–water partition coefficient (Wildman–Crippen LogP) is 3.71. The van der Waals surface area contributed by atoms with Gasteiger partial charge >= 0.3 is 0 Å². The summed E-state index contributed by atoms with van der Waals surface area (Å²) >= 11 is 11.9. The lowest BCUT2D eigenvalue weighted by Crippen LogP contribution is -2.16. The number of benzene rings is 1. The largest absolute Gasteiger partial charge is 0.366 e. The number of hydrogen-bond donors (Lipinski definition) is 2. The Morgan fingerprint density at radius 2 is 2.04 bits per heavy atom. The van der Waals surface area contributed by atoms with Crippen LogP contribution in [0.15, 0.2) is 41.2 Å². The van der Waals surface area contributed by atoms with Crippen molar-refractivity contribution < 1.29 is 0 Å². The number of nitrogens with zero attached hydrogens (tertiary/aromatic N) is 2. The summed E-state index contributed by atoms with van der Waals surface area (Å²) in [5.74, 6) is 0.486. The van der Waals surface area contributed by atoms with Crippen LogP contribution in [-0.4, -0.2) is 9.97 Å². The van der Waals surface area contributed by atoms with Gasteiger partial charge in [0.15, 0.2) is 0 Å². The van der Waals surface area contributed by atoms with E-state index in [1.165, 1.54) is 0 Å². The Kier molecular flexibility index (Phi) is 4.20. The van der Waals surface area contributed by atoms with Crippen molar-refractivity contribution in [3.8, 4) is 6.07 Å². The Bertz CT molecular complexity index is 992. The van der Waals surface area contributed by atoms with Gasteiger partial charge in [-0.1, -0.05) is 23.2 Å². The summed E-state index contributed by atoms with van der Waals surface area (Å²) in [6, 6.07) is 12.2. The maximum Gasteiger partial charge on any atom is 0.253 e. The number of anilines is 1. The Morgan fingerprint density at radius 3 is 2.78 bits per heavy atom. The molecule has 0 radical (unpaired) electrons. The molecule has 0 spiro atoms. The van der Waals surface area contributed by atoms with Crippen LogP contribution in [0.2, 0.25) is 10.2 Å². The van der Waals surface area contributed by atoms with Crippen molar-refractivity contribution >= 4 is 39.9 Å². The fraction of sp³-hybridized carbons (Fsp3) is 0.0625. The maximum atomic E-state index is 12.1. The summed E-state index contributed by atoms with van der Waals surface area (Å²) in [7, 11) is 0. The minimum absolute atomic E-state index is 0.122. The number of aromatic nitrogens is 2. The van der Waals surface area contributed by atoms with Crippen LogP contribution in [0.25, 0.3) is 10.9 Å². The third-order valence-corrected chi connectivity index (χ3v) is 3.84. The summed E-state index contributed by atoms with van der Waals surface area (Å²) in [6.45, 7) is 0.271. The number of pyridine rings is 2. The molecule has 114 valence electrons. The van der Waals surface area contributed by atoms with Crippen LogP contribution in [0, 0.1) is 11.3 Å². The van der Waals surface area contributed by atoms with Gasteiger partial charge in [0.05, 0.1) is 5.56 Å². The zero-order chi connectivity index (χ0) is 16.4. The van der Waals surface area contributed by atoms with Gasteiger partial charge in [0.25, 0.3) is 5.56 Å². The van der Waals surface area contributed by atoms with E-state index in [2.05, 4.69) is 15.3 Å². The van der Waals surface area contributed by atoms with E-state index in [4.69, 9.17) is 28.5 Å². The molecule has 0 saturated carbocycles. The molecule has 23 heavy (non-hydrogen) atoms. The molecule has 3 rings (SSSR count). The van der Waals surface area contributed by atoms with Crippen molar-refractivity contribution in [2.45, 2.75) is 6.54 Å². The molecule has 1 aromatic carbocycles. The number of aromatic amines is 1. The van der Waals surface area contributed by atoms with E-state index >= 15 is 0 Å². The number of nitriles is 1. The summed E-state index contributed by atoms with van der Waals surface area (Å²) in [5.41, 5.74) is 1.38. The molecule has 2 heterocycles. The van der Waals surface area contributed by atoms with Crippen molar-refractivity contribution in [3.05, 3.63) is 68.1 Å². The molecule has 2 aromatic heterocycles. The first-order chi connectivity index (χ1) is 11.1. The van der Waals surface area contributed by atoms with Gasteiger partial charge in [-0.25, -0.2) is 4.98 Å². The fourth-order valence-corrected chi connectivity index (χ4v) is 2.53. The molecule has 0 aliphatic rings. The number of halogens is 2. The highest BCUT2D eigenvalue weighted by Crippen LogP contribution is 2.18. The standard InChI is InChI=1S/C16H10Cl2N4O/c17-12-2-3-13-10(6-12)5-11(16(23)21-13)8-20-14-4-1-9(7-19)15(18)22-14/h1-6H,8H2,(H,20,22)(H,21,23). The van der Waals surface area contributed by atoms with E-state index in [1.54, 1.807) is 36.4 Å². The topological polar surface area (TPSA) is 81.6 Å². The zero-order valence-electron chi connectivity index (χ0n) is 11.7. The molecule has 3 aromatic rings. The SMILES string of the molecule is N#Cc1ccc(NCc2cc3cc(Cl)ccc3[nH]c2=O)nc1Cl. The van der Waals surface area contributed by atoms with Crippen LogP contribution in [0.1, 0.15) is 11.1 Å². The van der Waals surface area contributed by atoms with Crippen LogP contribution in [-0.2, 0) is 6.54 Å². The third-order valence-electron chi connectivity index (χ3n) is 3.31. The number of H-pyrrole nitrogens is 1. The van der Waals surface area contributed by atoms with Crippen LogP contribution < -0.4 is 10.9 Å². The monoisotopic (exact) mass is 344 g/mol. The average molecular weight is 345 g/mol. The van der Waals surface area contributed by atoms with Gasteiger partial charge in [0, 0.05) is 28.0 Å². The van der Waals surface area contributed by atoms with E-state index < -0.39 is 0 Å². The van der Waals surface area contributed by atoms with Crippen LogP contribution in [0.5, 0.6) is 0 Å². The van der Waals surface area contributed by atoms with Crippen molar-refractivity contribution in [1.82, 2.24) is 9.97 Å². The van der Waals surface area contributed by atoms with Crippen molar-refractivity contribution in [1.29, 1.82) is 5.26 Å². The van der Waals surface area contributed by atoms with Crippen molar-refractivity contribution in [3.63, 3.8) is 0 Å².